The summed E-state index contributed by atoms with van der Waals surface area (Å²) in [5.41, 5.74) is 1.80. The second kappa shape index (κ2) is 8.59. The standard InChI is InChI=1S/C22H27N5O2/c1-3-17-13-19(29-18-11-7-8-12-23-18)26-21-20(24-14-27(17)21)22(28)25-15(2)16-9-5-4-6-10-16/h7-8,11-16H,3-6,9-10H2,1-2H3,(H,25,28). The molecule has 152 valence electrons. The van der Waals surface area contributed by atoms with Crippen molar-refractivity contribution in [2.24, 2.45) is 5.92 Å². The molecule has 3 aromatic rings. The summed E-state index contributed by atoms with van der Waals surface area (Å²) in [6.07, 6.45) is 10.2. The quantitative estimate of drug-likeness (QED) is 0.679. The van der Waals surface area contributed by atoms with Gasteiger partial charge in [0.2, 0.25) is 11.8 Å². The molecule has 7 heteroatoms. The summed E-state index contributed by atoms with van der Waals surface area (Å²) in [7, 11) is 0. The Morgan fingerprint density at radius 1 is 1.24 bits per heavy atom. The lowest BCUT2D eigenvalue weighted by Crippen LogP contribution is -2.39. The number of imidazole rings is 1. The highest BCUT2D eigenvalue weighted by Crippen LogP contribution is 2.27. The third-order valence-electron chi connectivity index (χ3n) is 5.70. The molecule has 1 amide bonds. The lowest BCUT2D eigenvalue weighted by molar-refractivity contribution is 0.0916. The van der Waals surface area contributed by atoms with Gasteiger partial charge in [0.05, 0.1) is 0 Å². The summed E-state index contributed by atoms with van der Waals surface area (Å²) < 4.78 is 7.67. The van der Waals surface area contributed by atoms with Crippen LogP contribution in [-0.4, -0.2) is 31.3 Å². The average molecular weight is 393 g/mol. The number of carbonyl (C=O) groups excluding carboxylic acids is 1. The van der Waals surface area contributed by atoms with E-state index in [-0.39, 0.29) is 11.9 Å². The molecule has 0 spiro atoms. The summed E-state index contributed by atoms with van der Waals surface area (Å²) in [6, 6.07) is 7.43. The average Bonchev–Trinajstić information content (AvgIpc) is 3.18. The predicted molar refractivity (Wildman–Crippen MR) is 110 cm³/mol. The van der Waals surface area contributed by atoms with Crippen molar-refractivity contribution in [1.82, 2.24) is 24.7 Å². The maximum Gasteiger partial charge on any atom is 0.274 e. The summed E-state index contributed by atoms with van der Waals surface area (Å²) in [6.45, 7) is 4.14. The van der Waals surface area contributed by atoms with Crippen LogP contribution in [0, 0.1) is 5.92 Å². The van der Waals surface area contributed by atoms with E-state index in [0.717, 1.165) is 12.1 Å². The SMILES string of the molecule is CCc1cc(Oc2ccccn2)nc2c(C(=O)NC(C)C3CCCCC3)ncn12. The van der Waals surface area contributed by atoms with Crippen molar-refractivity contribution in [3.8, 4) is 11.8 Å². The van der Waals surface area contributed by atoms with E-state index in [2.05, 4.69) is 27.2 Å². The summed E-state index contributed by atoms with van der Waals surface area (Å²) in [4.78, 5) is 26.1. The highest BCUT2D eigenvalue weighted by atomic mass is 16.5. The highest BCUT2D eigenvalue weighted by Gasteiger charge is 2.24. The normalized spacial score (nSPS) is 15.9. The van der Waals surface area contributed by atoms with Crippen molar-refractivity contribution in [3.05, 3.63) is 48.2 Å². The minimum atomic E-state index is -0.185. The van der Waals surface area contributed by atoms with Gasteiger partial charge in [0.15, 0.2) is 11.3 Å². The third kappa shape index (κ3) is 4.23. The van der Waals surface area contributed by atoms with Crippen LogP contribution in [0.3, 0.4) is 0 Å². The van der Waals surface area contributed by atoms with E-state index < -0.39 is 0 Å². The van der Waals surface area contributed by atoms with Crippen LogP contribution >= 0.6 is 0 Å². The number of carbonyl (C=O) groups is 1. The van der Waals surface area contributed by atoms with Crippen molar-refractivity contribution >= 4 is 11.6 Å². The van der Waals surface area contributed by atoms with Gasteiger partial charge in [-0.25, -0.2) is 9.97 Å². The molecule has 0 aromatic carbocycles. The molecular formula is C22H27N5O2. The van der Waals surface area contributed by atoms with Gasteiger partial charge in [-0.3, -0.25) is 9.20 Å². The molecule has 0 aliphatic heterocycles. The second-order valence-electron chi connectivity index (χ2n) is 7.66. The van der Waals surface area contributed by atoms with Crippen molar-refractivity contribution in [2.45, 2.75) is 58.4 Å². The number of fused-ring (bicyclic) bond motifs is 1. The van der Waals surface area contributed by atoms with Crippen LogP contribution in [0.15, 0.2) is 36.8 Å². The van der Waals surface area contributed by atoms with Gasteiger partial charge in [0.1, 0.15) is 6.33 Å². The molecular weight excluding hydrogens is 366 g/mol. The van der Waals surface area contributed by atoms with Crippen LogP contribution in [-0.2, 0) is 6.42 Å². The van der Waals surface area contributed by atoms with E-state index in [9.17, 15) is 4.79 Å². The lowest BCUT2D eigenvalue weighted by Gasteiger charge is -2.28. The molecule has 1 fully saturated rings. The van der Waals surface area contributed by atoms with Crippen LogP contribution in [0.1, 0.15) is 62.1 Å². The van der Waals surface area contributed by atoms with Crippen LogP contribution in [0.25, 0.3) is 5.65 Å². The highest BCUT2D eigenvalue weighted by molar-refractivity contribution is 5.98. The first kappa shape index (κ1) is 19.4. The first-order chi connectivity index (χ1) is 14.2. The van der Waals surface area contributed by atoms with Crippen molar-refractivity contribution < 1.29 is 9.53 Å². The number of aryl methyl sites for hydroxylation is 1. The Labute approximate surface area is 170 Å². The van der Waals surface area contributed by atoms with Gasteiger partial charge >= 0.3 is 0 Å². The molecule has 1 N–H and O–H groups in total. The minimum Gasteiger partial charge on any atom is -0.421 e. The molecule has 4 rings (SSSR count). The maximum absolute atomic E-state index is 13.0. The number of nitrogens with zero attached hydrogens (tertiary/aromatic N) is 4. The minimum absolute atomic E-state index is 0.123. The molecule has 1 aliphatic carbocycles. The second-order valence-corrected chi connectivity index (χ2v) is 7.66. The van der Waals surface area contributed by atoms with E-state index >= 15 is 0 Å². The van der Waals surface area contributed by atoms with Crippen LogP contribution < -0.4 is 10.1 Å². The number of aromatic nitrogens is 4. The van der Waals surface area contributed by atoms with Crippen LogP contribution in [0.4, 0.5) is 0 Å². The Balaban J connectivity index is 1.60. The number of hydrogen-bond donors (Lipinski definition) is 1. The predicted octanol–water partition coefficient (Wildman–Crippen LogP) is 4.18. The van der Waals surface area contributed by atoms with Crippen molar-refractivity contribution in [3.63, 3.8) is 0 Å². The zero-order valence-electron chi connectivity index (χ0n) is 17.0. The van der Waals surface area contributed by atoms with Gasteiger partial charge < -0.3 is 10.1 Å². The number of amides is 1. The number of ether oxygens (including phenoxy) is 1. The van der Waals surface area contributed by atoms with Gasteiger partial charge in [-0.2, -0.15) is 4.98 Å². The molecule has 7 nitrogen and oxygen atoms in total. The fourth-order valence-electron chi connectivity index (χ4n) is 4.03. The molecule has 29 heavy (non-hydrogen) atoms. The Hall–Kier alpha value is -2.96. The van der Waals surface area contributed by atoms with E-state index in [1.165, 1.54) is 32.1 Å². The Morgan fingerprint density at radius 3 is 2.79 bits per heavy atom. The van der Waals surface area contributed by atoms with E-state index in [4.69, 9.17) is 4.74 Å². The fraction of sp³-hybridized carbons (Fsp3) is 0.455. The van der Waals surface area contributed by atoms with Crippen LogP contribution in [0.5, 0.6) is 11.8 Å². The van der Waals surface area contributed by atoms with Gasteiger partial charge in [-0.1, -0.05) is 32.3 Å². The first-order valence-corrected chi connectivity index (χ1v) is 10.4. The largest absolute Gasteiger partial charge is 0.421 e. The van der Waals surface area contributed by atoms with Gasteiger partial charge in [-0.05, 0) is 38.2 Å². The van der Waals surface area contributed by atoms with Gasteiger partial charge in [0, 0.05) is 30.1 Å². The van der Waals surface area contributed by atoms with Gasteiger partial charge in [0.25, 0.3) is 5.91 Å². The zero-order valence-corrected chi connectivity index (χ0v) is 17.0. The summed E-state index contributed by atoms with van der Waals surface area (Å²) >= 11 is 0. The number of hydrogen-bond acceptors (Lipinski definition) is 5. The third-order valence-corrected chi connectivity index (χ3v) is 5.70. The molecule has 0 radical (unpaired) electrons. The zero-order chi connectivity index (χ0) is 20.2. The maximum atomic E-state index is 13.0. The number of nitrogens with one attached hydrogen (secondary N) is 1. The van der Waals surface area contributed by atoms with Crippen molar-refractivity contribution in [1.29, 1.82) is 0 Å². The molecule has 1 unspecified atom stereocenters. The first-order valence-electron chi connectivity index (χ1n) is 10.4. The molecule has 1 aliphatic rings. The molecule has 3 aromatic heterocycles. The lowest BCUT2D eigenvalue weighted by atomic mass is 9.84. The topological polar surface area (TPSA) is 81.4 Å². The Kier molecular flexibility index (Phi) is 5.74. The summed E-state index contributed by atoms with van der Waals surface area (Å²) in [5, 5.41) is 3.14. The van der Waals surface area contributed by atoms with Crippen LogP contribution in [0.2, 0.25) is 0 Å². The molecule has 3 heterocycles. The summed E-state index contributed by atoms with van der Waals surface area (Å²) in [5.74, 6) is 1.21. The van der Waals surface area contributed by atoms with E-state index in [1.807, 2.05) is 29.5 Å². The fourth-order valence-corrected chi connectivity index (χ4v) is 4.03. The number of pyridine rings is 1. The molecule has 1 atom stereocenters. The number of rotatable bonds is 6. The monoisotopic (exact) mass is 393 g/mol. The Morgan fingerprint density at radius 2 is 2.07 bits per heavy atom. The molecule has 0 bridgehead atoms. The van der Waals surface area contributed by atoms with E-state index in [1.54, 1.807) is 18.6 Å². The molecule has 1 saturated carbocycles. The Bertz CT molecular complexity index is 980. The van der Waals surface area contributed by atoms with E-state index in [0.29, 0.717) is 29.0 Å². The molecule has 0 saturated heterocycles. The smallest absolute Gasteiger partial charge is 0.274 e. The van der Waals surface area contributed by atoms with Crippen molar-refractivity contribution in [2.75, 3.05) is 0 Å². The van der Waals surface area contributed by atoms with Gasteiger partial charge in [-0.15, -0.1) is 0 Å².